The molecule has 0 aliphatic rings. The number of nitrogens with one attached hydrogen (secondary N) is 2. The molecule has 1 rings (SSSR count). The summed E-state index contributed by atoms with van der Waals surface area (Å²) in [6.07, 6.45) is -0.276. The Morgan fingerprint density at radius 3 is 2.12 bits per heavy atom. The van der Waals surface area contributed by atoms with E-state index in [0.29, 0.717) is 0 Å². The lowest BCUT2D eigenvalue weighted by atomic mass is 10.1. The minimum absolute atomic E-state index is 0.0113. The molecule has 0 saturated carbocycles. The summed E-state index contributed by atoms with van der Waals surface area (Å²) in [5.41, 5.74) is 6.32. The number of methoxy groups -OCH3 is 2. The lowest BCUT2D eigenvalue weighted by molar-refractivity contribution is -0.150. The fourth-order valence-electron chi connectivity index (χ4n) is 2.71. The zero-order chi connectivity index (χ0) is 25.5. The Hall–Kier alpha value is -3.51. The molecule has 0 radical (unpaired) electrons. The molecule has 188 valence electrons. The largest absolute Gasteiger partial charge is 0.468 e. The van der Waals surface area contributed by atoms with Crippen molar-refractivity contribution >= 4 is 29.7 Å². The van der Waals surface area contributed by atoms with Crippen LogP contribution in [0.2, 0.25) is 0 Å². The molecule has 0 bridgehead atoms. The zero-order valence-corrected chi connectivity index (χ0v) is 19.4. The van der Waals surface area contributed by atoms with E-state index in [2.05, 4.69) is 20.1 Å². The topological polar surface area (TPSA) is 172 Å². The van der Waals surface area contributed by atoms with E-state index in [4.69, 9.17) is 15.2 Å². The lowest BCUT2D eigenvalue weighted by Gasteiger charge is -2.19. The van der Waals surface area contributed by atoms with Gasteiger partial charge in [-0.25, -0.2) is 9.59 Å². The summed E-state index contributed by atoms with van der Waals surface area (Å²) in [7, 11) is 2.31. The van der Waals surface area contributed by atoms with Gasteiger partial charge in [-0.15, -0.1) is 0 Å². The molecule has 0 aliphatic carbocycles. The van der Waals surface area contributed by atoms with Gasteiger partial charge in [0.1, 0.15) is 18.7 Å². The average molecular weight is 482 g/mol. The number of carbonyl (C=O) groups is 5. The molecule has 0 aliphatic heterocycles. The van der Waals surface area contributed by atoms with Crippen LogP contribution < -0.4 is 16.4 Å². The monoisotopic (exact) mass is 481 g/mol. The normalized spacial score (nSPS) is 13.1. The van der Waals surface area contributed by atoms with Crippen LogP contribution in [0.4, 0.5) is 0 Å². The first-order chi connectivity index (χ1) is 16.2. The summed E-state index contributed by atoms with van der Waals surface area (Å²) in [4.78, 5) is 59.5. The lowest BCUT2D eigenvalue weighted by Crippen LogP contribution is -2.47. The average Bonchev–Trinajstić information content (AvgIpc) is 2.83. The van der Waals surface area contributed by atoms with Crippen molar-refractivity contribution in [1.29, 1.82) is 0 Å². The second kappa shape index (κ2) is 15.3. The molecule has 0 aromatic heterocycles. The van der Waals surface area contributed by atoms with Crippen LogP contribution in [0.5, 0.6) is 0 Å². The molecule has 1 aromatic carbocycles. The van der Waals surface area contributed by atoms with E-state index >= 15 is 0 Å². The standard InChI is InChI=1S/C22H31N3O9/c1-14(26)24-17(22(30)34-11-15-7-5-4-6-8-15)9-10-19(27)25-18(21(29)32-3)13-33-12-16(23)20(28)31-2/h4-8,16-18H,9-13,23H2,1-3H3,(H,24,26)(H,25,27)/t16-,17-,18+/m1/s1. The van der Waals surface area contributed by atoms with Crippen molar-refractivity contribution in [3.05, 3.63) is 35.9 Å². The smallest absolute Gasteiger partial charge is 0.330 e. The number of amides is 2. The highest BCUT2D eigenvalue weighted by molar-refractivity contribution is 5.86. The summed E-state index contributed by atoms with van der Waals surface area (Å²) in [5, 5.41) is 4.88. The van der Waals surface area contributed by atoms with E-state index in [1.807, 2.05) is 6.07 Å². The van der Waals surface area contributed by atoms with Crippen molar-refractivity contribution in [2.45, 2.75) is 44.5 Å². The summed E-state index contributed by atoms with van der Waals surface area (Å²) in [5.74, 6) is -3.23. The first-order valence-electron chi connectivity index (χ1n) is 10.4. The number of rotatable bonds is 14. The van der Waals surface area contributed by atoms with E-state index in [9.17, 15) is 24.0 Å². The molecule has 1 aromatic rings. The van der Waals surface area contributed by atoms with Crippen molar-refractivity contribution in [3.8, 4) is 0 Å². The maximum absolute atomic E-state index is 12.4. The highest BCUT2D eigenvalue weighted by atomic mass is 16.5. The highest BCUT2D eigenvalue weighted by Crippen LogP contribution is 2.06. The zero-order valence-electron chi connectivity index (χ0n) is 19.4. The molecule has 0 unspecified atom stereocenters. The fourth-order valence-corrected chi connectivity index (χ4v) is 2.71. The van der Waals surface area contributed by atoms with Crippen molar-refractivity contribution in [2.24, 2.45) is 5.73 Å². The van der Waals surface area contributed by atoms with Crippen LogP contribution >= 0.6 is 0 Å². The van der Waals surface area contributed by atoms with Crippen LogP contribution in [0.15, 0.2) is 30.3 Å². The summed E-state index contributed by atoms with van der Waals surface area (Å²) in [6, 6.07) is 5.68. The maximum atomic E-state index is 12.4. The number of nitrogens with two attached hydrogens (primary N) is 1. The van der Waals surface area contributed by atoms with E-state index in [-0.39, 0.29) is 32.7 Å². The van der Waals surface area contributed by atoms with Gasteiger partial charge >= 0.3 is 17.9 Å². The van der Waals surface area contributed by atoms with Gasteiger partial charge in [0.15, 0.2) is 6.04 Å². The quantitative estimate of drug-likeness (QED) is 0.225. The third-order valence-corrected chi connectivity index (χ3v) is 4.45. The number of benzene rings is 1. The molecule has 0 saturated heterocycles. The molecule has 0 heterocycles. The summed E-state index contributed by atoms with van der Waals surface area (Å²) >= 11 is 0. The molecule has 0 spiro atoms. The number of ether oxygens (including phenoxy) is 4. The second-order valence-electron chi connectivity index (χ2n) is 7.20. The third-order valence-electron chi connectivity index (χ3n) is 4.45. The number of carbonyl (C=O) groups excluding carboxylic acids is 5. The number of hydrogen-bond donors (Lipinski definition) is 3. The van der Waals surface area contributed by atoms with E-state index in [0.717, 1.165) is 12.7 Å². The molecule has 34 heavy (non-hydrogen) atoms. The number of esters is 3. The van der Waals surface area contributed by atoms with Crippen molar-refractivity contribution in [2.75, 3.05) is 27.4 Å². The minimum atomic E-state index is -1.17. The Morgan fingerprint density at radius 2 is 1.53 bits per heavy atom. The predicted octanol–water partition coefficient (Wildman–Crippen LogP) is -0.811. The minimum Gasteiger partial charge on any atom is -0.468 e. The van der Waals surface area contributed by atoms with E-state index in [1.165, 1.54) is 14.0 Å². The van der Waals surface area contributed by atoms with Crippen molar-refractivity contribution in [3.63, 3.8) is 0 Å². The Balaban J connectivity index is 2.61. The van der Waals surface area contributed by atoms with E-state index in [1.54, 1.807) is 24.3 Å². The van der Waals surface area contributed by atoms with Crippen LogP contribution in [0, 0.1) is 0 Å². The van der Waals surface area contributed by atoms with Crippen LogP contribution in [0.3, 0.4) is 0 Å². The van der Waals surface area contributed by atoms with Gasteiger partial charge in [-0.3, -0.25) is 14.4 Å². The molecule has 3 atom stereocenters. The van der Waals surface area contributed by atoms with Gasteiger partial charge in [-0.1, -0.05) is 30.3 Å². The van der Waals surface area contributed by atoms with Crippen molar-refractivity contribution < 1.29 is 42.9 Å². The maximum Gasteiger partial charge on any atom is 0.330 e. The summed E-state index contributed by atoms with van der Waals surface area (Å²) < 4.78 is 19.6. The summed E-state index contributed by atoms with van der Waals surface area (Å²) in [6.45, 7) is 0.698. The first-order valence-corrected chi connectivity index (χ1v) is 10.4. The van der Waals surface area contributed by atoms with Gasteiger partial charge < -0.3 is 35.3 Å². The van der Waals surface area contributed by atoms with Crippen LogP contribution in [0.25, 0.3) is 0 Å². The van der Waals surface area contributed by atoms with E-state index < -0.39 is 47.8 Å². The van der Waals surface area contributed by atoms with Gasteiger partial charge in [0.25, 0.3) is 0 Å². The Kier molecular flexibility index (Phi) is 12.9. The fraction of sp³-hybridized carbons (Fsp3) is 0.500. The molecular formula is C22H31N3O9. The second-order valence-corrected chi connectivity index (χ2v) is 7.20. The first kappa shape index (κ1) is 28.5. The van der Waals surface area contributed by atoms with Gasteiger partial charge in [0.2, 0.25) is 11.8 Å². The van der Waals surface area contributed by atoms with Crippen LogP contribution in [-0.4, -0.2) is 75.3 Å². The van der Waals surface area contributed by atoms with Crippen molar-refractivity contribution in [1.82, 2.24) is 10.6 Å². The Labute approximate surface area is 197 Å². The molecule has 12 nitrogen and oxygen atoms in total. The molecule has 0 fully saturated rings. The van der Waals surface area contributed by atoms with Gasteiger partial charge in [0.05, 0.1) is 27.4 Å². The third kappa shape index (κ3) is 10.9. The van der Waals surface area contributed by atoms with Crippen LogP contribution in [-0.2, 0) is 49.5 Å². The van der Waals surface area contributed by atoms with Crippen LogP contribution in [0.1, 0.15) is 25.3 Å². The van der Waals surface area contributed by atoms with Gasteiger partial charge in [-0.05, 0) is 12.0 Å². The molecule has 4 N–H and O–H groups in total. The molecule has 2 amide bonds. The highest BCUT2D eigenvalue weighted by Gasteiger charge is 2.26. The Bertz CT molecular complexity index is 832. The SMILES string of the molecule is COC(=O)[C@H](N)COC[C@H](NC(=O)CC[C@@H](NC(C)=O)C(=O)OCc1ccccc1)C(=O)OC. The van der Waals surface area contributed by atoms with Gasteiger partial charge in [-0.2, -0.15) is 0 Å². The molecule has 12 heteroatoms. The predicted molar refractivity (Wildman–Crippen MR) is 118 cm³/mol. The molecular weight excluding hydrogens is 450 g/mol. The number of hydrogen-bond acceptors (Lipinski definition) is 10. The van der Waals surface area contributed by atoms with Gasteiger partial charge in [0, 0.05) is 13.3 Å². The Morgan fingerprint density at radius 1 is 0.882 bits per heavy atom.